The fraction of sp³-hybridized carbons (Fsp3) is 0.158. The number of nitrogens with zero attached hydrogens (tertiary/aromatic N) is 2. The average Bonchev–Trinajstić information content (AvgIpc) is 2.51. The molecule has 3 rings (SSSR count). The first-order chi connectivity index (χ1) is 10.6. The van der Waals surface area contributed by atoms with Gasteiger partial charge in [0.25, 0.3) is 0 Å². The minimum Gasteiger partial charge on any atom is -0.251 e. The van der Waals surface area contributed by atoms with E-state index in [4.69, 9.17) is 9.98 Å². The number of aliphatic imine (C=N–C) groups is 1. The van der Waals surface area contributed by atoms with Crippen molar-refractivity contribution in [1.29, 1.82) is 0 Å². The van der Waals surface area contributed by atoms with Crippen LogP contribution in [0.3, 0.4) is 0 Å². The standard InChI is InChI=1S/C19H17BrN2/c1-12-6-4-7-13(2)18(12)21-14(3)17-11-10-15-8-5-9-16(20)19(15)22-17/h4-11H,1-3H3/b21-14+. The molecule has 1 aromatic heterocycles. The maximum Gasteiger partial charge on any atom is 0.0851 e. The summed E-state index contributed by atoms with van der Waals surface area (Å²) in [6.07, 6.45) is 0. The topological polar surface area (TPSA) is 25.2 Å². The molecule has 2 nitrogen and oxygen atoms in total. The summed E-state index contributed by atoms with van der Waals surface area (Å²) in [5.74, 6) is 0. The Morgan fingerprint density at radius 3 is 2.36 bits per heavy atom. The van der Waals surface area contributed by atoms with Crippen molar-refractivity contribution in [3.63, 3.8) is 0 Å². The summed E-state index contributed by atoms with van der Waals surface area (Å²) in [6, 6.07) is 16.4. The molecule has 3 heteroatoms. The van der Waals surface area contributed by atoms with Crippen LogP contribution in [-0.4, -0.2) is 10.7 Å². The molecule has 2 aromatic carbocycles. The summed E-state index contributed by atoms with van der Waals surface area (Å²) in [7, 11) is 0. The van der Waals surface area contributed by atoms with Crippen LogP contribution in [0.4, 0.5) is 5.69 Å². The Hall–Kier alpha value is -2.00. The van der Waals surface area contributed by atoms with Gasteiger partial charge in [0.1, 0.15) is 0 Å². The molecule has 0 saturated carbocycles. The van der Waals surface area contributed by atoms with Crippen LogP contribution in [0, 0.1) is 13.8 Å². The number of aryl methyl sites for hydroxylation is 2. The molecule has 0 spiro atoms. The highest BCUT2D eigenvalue weighted by Gasteiger charge is 2.06. The van der Waals surface area contributed by atoms with Gasteiger partial charge in [-0.1, -0.05) is 36.4 Å². The molecule has 0 radical (unpaired) electrons. The summed E-state index contributed by atoms with van der Waals surface area (Å²) in [5.41, 5.74) is 6.20. The monoisotopic (exact) mass is 352 g/mol. The highest BCUT2D eigenvalue weighted by atomic mass is 79.9. The number of para-hydroxylation sites is 2. The van der Waals surface area contributed by atoms with Crippen LogP contribution in [0.25, 0.3) is 10.9 Å². The third-order valence-corrected chi connectivity index (χ3v) is 4.40. The largest absolute Gasteiger partial charge is 0.251 e. The zero-order valence-corrected chi connectivity index (χ0v) is 14.5. The van der Waals surface area contributed by atoms with Gasteiger partial charge in [-0.15, -0.1) is 0 Å². The summed E-state index contributed by atoms with van der Waals surface area (Å²) >= 11 is 3.57. The normalized spacial score (nSPS) is 11.9. The number of hydrogen-bond acceptors (Lipinski definition) is 2. The second kappa shape index (κ2) is 6.01. The second-order valence-corrected chi connectivity index (χ2v) is 6.30. The van der Waals surface area contributed by atoms with Crippen LogP contribution in [-0.2, 0) is 0 Å². The molecule has 3 aromatic rings. The van der Waals surface area contributed by atoms with Gasteiger partial charge in [-0.3, -0.25) is 4.99 Å². The van der Waals surface area contributed by atoms with E-state index in [0.29, 0.717) is 0 Å². The predicted octanol–water partition coefficient (Wildman–Crippen LogP) is 5.75. The van der Waals surface area contributed by atoms with E-state index >= 15 is 0 Å². The molecule has 0 unspecified atom stereocenters. The van der Waals surface area contributed by atoms with Crippen molar-refractivity contribution in [2.24, 2.45) is 4.99 Å². The Balaban J connectivity index is 2.10. The van der Waals surface area contributed by atoms with Gasteiger partial charge in [-0.2, -0.15) is 0 Å². The number of halogens is 1. The molecule has 110 valence electrons. The quantitative estimate of drug-likeness (QED) is 0.538. The van der Waals surface area contributed by atoms with Gasteiger partial charge in [0.05, 0.1) is 22.6 Å². The molecule has 0 fully saturated rings. The summed E-state index contributed by atoms with van der Waals surface area (Å²) in [4.78, 5) is 9.56. The third-order valence-electron chi connectivity index (χ3n) is 3.76. The van der Waals surface area contributed by atoms with Crippen molar-refractivity contribution in [2.75, 3.05) is 0 Å². The van der Waals surface area contributed by atoms with Crippen molar-refractivity contribution in [3.05, 3.63) is 69.8 Å². The fourth-order valence-electron chi connectivity index (χ4n) is 2.52. The van der Waals surface area contributed by atoms with E-state index in [1.807, 2.05) is 25.1 Å². The number of fused-ring (bicyclic) bond motifs is 1. The highest BCUT2D eigenvalue weighted by molar-refractivity contribution is 9.10. The molecule has 0 atom stereocenters. The van der Waals surface area contributed by atoms with Gasteiger partial charge in [0.15, 0.2) is 0 Å². The van der Waals surface area contributed by atoms with Crippen molar-refractivity contribution < 1.29 is 0 Å². The maximum atomic E-state index is 4.80. The Bertz CT molecular complexity index is 861. The van der Waals surface area contributed by atoms with E-state index in [2.05, 4.69) is 60.1 Å². The fourth-order valence-corrected chi connectivity index (χ4v) is 2.99. The molecule has 0 aliphatic heterocycles. The van der Waals surface area contributed by atoms with E-state index in [0.717, 1.165) is 32.5 Å². The summed E-state index contributed by atoms with van der Waals surface area (Å²) < 4.78 is 1.01. The third kappa shape index (κ3) is 2.81. The molecular weight excluding hydrogens is 336 g/mol. The zero-order chi connectivity index (χ0) is 15.7. The molecular formula is C19H17BrN2. The Morgan fingerprint density at radius 2 is 1.64 bits per heavy atom. The lowest BCUT2D eigenvalue weighted by Gasteiger charge is -2.08. The van der Waals surface area contributed by atoms with Gasteiger partial charge < -0.3 is 0 Å². The lowest BCUT2D eigenvalue weighted by atomic mass is 10.1. The van der Waals surface area contributed by atoms with Crippen molar-refractivity contribution in [1.82, 2.24) is 4.98 Å². The van der Waals surface area contributed by atoms with Gasteiger partial charge in [0.2, 0.25) is 0 Å². The van der Waals surface area contributed by atoms with Crippen LogP contribution < -0.4 is 0 Å². The van der Waals surface area contributed by atoms with Crippen LogP contribution in [0.5, 0.6) is 0 Å². The Kier molecular flexibility index (Phi) is 4.08. The number of pyridine rings is 1. The van der Waals surface area contributed by atoms with Gasteiger partial charge in [0, 0.05) is 9.86 Å². The molecule has 0 N–H and O–H groups in total. The van der Waals surface area contributed by atoms with Crippen molar-refractivity contribution in [3.8, 4) is 0 Å². The highest BCUT2D eigenvalue weighted by Crippen LogP contribution is 2.25. The lowest BCUT2D eigenvalue weighted by molar-refractivity contribution is 1.29. The molecule has 0 amide bonds. The number of benzene rings is 2. The lowest BCUT2D eigenvalue weighted by Crippen LogP contribution is -1.99. The van der Waals surface area contributed by atoms with Crippen LogP contribution in [0.15, 0.2) is 58.0 Å². The zero-order valence-electron chi connectivity index (χ0n) is 12.9. The maximum absolute atomic E-state index is 4.80. The minimum absolute atomic E-state index is 0.905. The first-order valence-corrected chi connectivity index (χ1v) is 8.03. The molecule has 0 saturated heterocycles. The van der Waals surface area contributed by atoms with E-state index in [9.17, 15) is 0 Å². The summed E-state index contributed by atoms with van der Waals surface area (Å²) in [6.45, 7) is 6.18. The minimum atomic E-state index is 0.905. The number of rotatable bonds is 2. The molecule has 0 aliphatic carbocycles. The number of hydrogen-bond donors (Lipinski definition) is 0. The van der Waals surface area contributed by atoms with Gasteiger partial charge >= 0.3 is 0 Å². The van der Waals surface area contributed by atoms with Gasteiger partial charge in [-0.05, 0) is 60.0 Å². The van der Waals surface area contributed by atoms with Gasteiger partial charge in [-0.25, -0.2) is 4.98 Å². The summed E-state index contributed by atoms with van der Waals surface area (Å²) in [5, 5.41) is 1.12. The van der Waals surface area contributed by atoms with E-state index < -0.39 is 0 Å². The molecule has 0 bridgehead atoms. The first-order valence-electron chi connectivity index (χ1n) is 7.23. The van der Waals surface area contributed by atoms with E-state index in [-0.39, 0.29) is 0 Å². The van der Waals surface area contributed by atoms with Crippen molar-refractivity contribution >= 4 is 38.2 Å². The average molecular weight is 353 g/mol. The Labute approximate surface area is 139 Å². The van der Waals surface area contributed by atoms with E-state index in [1.165, 1.54) is 11.1 Å². The molecule has 0 aliphatic rings. The smallest absolute Gasteiger partial charge is 0.0851 e. The first kappa shape index (κ1) is 14.9. The Morgan fingerprint density at radius 1 is 0.955 bits per heavy atom. The molecule has 22 heavy (non-hydrogen) atoms. The second-order valence-electron chi connectivity index (χ2n) is 5.45. The van der Waals surface area contributed by atoms with Crippen molar-refractivity contribution in [2.45, 2.75) is 20.8 Å². The number of aromatic nitrogens is 1. The molecule has 1 heterocycles. The van der Waals surface area contributed by atoms with Crippen LogP contribution >= 0.6 is 15.9 Å². The van der Waals surface area contributed by atoms with E-state index in [1.54, 1.807) is 0 Å². The SMILES string of the molecule is C/C(=N\c1c(C)cccc1C)c1ccc2cccc(Br)c2n1. The van der Waals surface area contributed by atoms with Crippen LogP contribution in [0.2, 0.25) is 0 Å². The predicted molar refractivity (Wildman–Crippen MR) is 97.2 cm³/mol. The van der Waals surface area contributed by atoms with Crippen LogP contribution in [0.1, 0.15) is 23.7 Å².